The van der Waals surface area contributed by atoms with Crippen molar-refractivity contribution in [2.24, 2.45) is 7.05 Å². The highest BCUT2D eigenvalue weighted by Crippen LogP contribution is 2.30. The Morgan fingerprint density at radius 1 is 1.29 bits per heavy atom. The summed E-state index contributed by atoms with van der Waals surface area (Å²) in [7, 11) is 1.74. The standard InChI is InChI=1S/C17H20FN5O/c1-4-23-10-12(9-19-23)7-16-17(21-22(3)20-16)14-6-5-13(18)8-15(14)11(2)24/h5-6,8-11,24H,4,7H2,1-3H3/t11-/m0/s1. The molecule has 3 aromatic rings. The van der Waals surface area contributed by atoms with Crippen LogP contribution in [0.15, 0.2) is 30.6 Å². The second-order valence-corrected chi connectivity index (χ2v) is 5.77. The molecule has 0 bridgehead atoms. The van der Waals surface area contributed by atoms with Crippen LogP contribution in [-0.4, -0.2) is 29.9 Å². The van der Waals surface area contributed by atoms with Crippen molar-refractivity contribution in [3.05, 3.63) is 53.2 Å². The van der Waals surface area contributed by atoms with Crippen molar-refractivity contribution >= 4 is 0 Å². The van der Waals surface area contributed by atoms with Crippen LogP contribution >= 0.6 is 0 Å². The zero-order valence-electron chi connectivity index (χ0n) is 13.9. The fraction of sp³-hybridized carbons (Fsp3) is 0.353. The van der Waals surface area contributed by atoms with Crippen LogP contribution in [0.2, 0.25) is 0 Å². The van der Waals surface area contributed by atoms with Gasteiger partial charge in [-0.1, -0.05) is 0 Å². The van der Waals surface area contributed by atoms with Gasteiger partial charge in [0.25, 0.3) is 0 Å². The lowest BCUT2D eigenvalue weighted by Crippen LogP contribution is -1.99. The highest BCUT2D eigenvalue weighted by Gasteiger charge is 2.19. The summed E-state index contributed by atoms with van der Waals surface area (Å²) in [5, 5.41) is 23.1. The van der Waals surface area contributed by atoms with Gasteiger partial charge in [0.2, 0.25) is 0 Å². The molecule has 0 saturated heterocycles. The molecule has 1 N–H and O–H groups in total. The van der Waals surface area contributed by atoms with Crippen molar-refractivity contribution in [3.8, 4) is 11.3 Å². The van der Waals surface area contributed by atoms with E-state index in [2.05, 4.69) is 15.3 Å². The van der Waals surface area contributed by atoms with Gasteiger partial charge in [0, 0.05) is 31.8 Å². The van der Waals surface area contributed by atoms with Crippen molar-refractivity contribution in [3.63, 3.8) is 0 Å². The van der Waals surface area contributed by atoms with Crippen LogP contribution < -0.4 is 0 Å². The van der Waals surface area contributed by atoms with E-state index < -0.39 is 6.10 Å². The quantitative estimate of drug-likeness (QED) is 0.781. The number of aliphatic hydroxyl groups is 1. The molecule has 24 heavy (non-hydrogen) atoms. The summed E-state index contributed by atoms with van der Waals surface area (Å²) in [6, 6.07) is 4.35. The number of nitrogens with zero attached hydrogens (tertiary/aromatic N) is 5. The molecule has 2 heterocycles. The minimum Gasteiger partial charge on any atom is -0.389 e. The summed E-state index contributed by atoms with van der Waals surface area (Å²) in [5.74, 6) is -0.385. The maximum Gasteiger partial charge on any atom is 0.123 e. The molecule has 0 amide bonds. The number of aromatic nitrogens is 5. The number of aryl methyl sites for hydroxylation is 2. The molecule has 0 saturated carbocycles. The summed E-state index contributed by atoms with van der Waals surface area (Å²) in [6.07, 6.45) is 3.55. The number of rotatable bonds is 5. The first kappa shape index (κ1) is 16.3. The average molecular weight is 329 g/mol. The van der Waals surface area contributed by atoms with Gasteiger partial charge in [-0.05, 0) is 43.2 Å². The van der Waals surface area contributed by atoms with Crippen molar-refractivity contribution in [2.45, 2.75) is 32.9 Å². The number of aliphatic hydroxyl groups excluding tert-OH is 1. The fourth-order valence-electron chi connectivity index (χ4n) is 2.73. The molecule has 0 radical (unpaired) electrons. The molecular formula is C17H20FN5O. The topological polar surface area (TPSA) is 68.8 Å². The van der Waals surface area contributed by atoms with E-state index in [0.717, 1.165) is 17.8 Å². The van der Waals surface area contributed by atoms with Crippen molar-refractivity contribution < 1.29 is 9.50 Å². The molecule has 6 nitrogen and oxygen atoms in total. The first-order valence-corrected chi connectivity index (χ1v) is 7.87. The minimum atomic E-state index is -0.798. The maximum atomic E-state index is 13.6. The third-order valence-corrected chi connectivity index (χ3v) is 3.88. The molecule has 0 fully saturated rings. The largest absolute Gasteiger partial charge is 0.389 e. The Morgan fingerprint density at radius 3 is 2.75 bits per heavy atom. The van der Waals surface area contributed by atoms with Gasteiger partial charge in [-0.25, -0.2) is 4.39 Å². The highest BCUT2D eigenvalue weighted by atomic mass is 19.1. The molecule has 0 aliphatic heterocycles. The number of benzene rings is 1. The van der Waals surface area contributed by atoms with Crippen LogP contribution in [0.1, 0.15) is 36.8 Å². The molecule has 0 spiro atoms. The molecule has 2 aromatic heterocycles. The Hall–Kier alpha value is -2.54. The molecule has 7 heteroatoms. The predicted molar refractivity (Wildman–Crippen MR) is 87.7 cm³/mol. The van der Waals surface area contributed by atoms with Crippen LogP contribution in [0, 0.1) is 5.82 Å². The van der Waals surface area contributed by atoms with Gasteiger partial charge in [-0.15, -0.1) is 0 Å². The van der Waals surface area contributed by atoms with Crippen molar-refractivity contribution in [1.29, 1.82) is 0 Å². The Kier molecular flexibility index (Phi) is 4.44. The monoisotopic (exact) mass is 329 g/mol. The summed E-state index contributed by atoms with van der Waals surface area (Å²) in [4.78, 5) is 1.49. The average Bonchev–Trinajstić information content (AvgIpc) is 3.14. The molecular weight excluding hydrogens is 309 g/mol. The van der Waals surface area contributed by atoms with Gasteiger partial charge >= 0.3 is 0 Å². The zero-order chi connectivity index (χ0) is 17.3. The maximum absolute atomic E-state index is 13.6. The second kappa shape index (κ2) is 6.52. The van der Waals surface area contributed by atoms with E-state index in [1.807, 2.05) is 24.0 Å². The number of hydrogen-bond donors (Lipinski definition) is 1. The Balaban J connectivity index is 2.03. The van der Waals surface area contributed by atoms with Crippen LogP contribution in [0.3, 0.4) is 0 Å². The Morgan fingerprint density at radius 2 is 2.08 bits per heavy atom. The van der Waals surface area contributed by atoms with E-state index in [1.54, 1.807) is 20.0 Å². The summed E-state index contributed by atoms with van der Waals surface area (Å²) < 4.78 is 15.4. The van der Waals surface area contributed by atoms with Crippen LogP contribution in [-0.2, 0) is 20.0 Å². The lowest BCUT2D eigenvalue weighted by molar-refractivity contribution is 0.199. The summed E-state index contributed by atoms with van der Waals surface area (Å²) in [5.41, 5.74) is 3.64. The smallest absolute Gasteiger partial charge is 0.123 e. The van der Waals surface area contributed by atoms with Gasteiger partial charge in [0.15, 0.2) is 0 Å². The molecule has 1 aromatic carbocycles. The lowest BCUT2D eigenvalue weighted by atomic mass is 9.98. The third kappa shape index (κ3) is 3.21. The lowest BCUT2D eigenvalue weighted by Gasteiger charge is -2.11. The van der Waals surface area contributed by atoms with Gasteiger partial charge in [-0.2, -0.15) is 20.1 Å². The molecule has 0 aliphatic carbocycles. The van der Waals surface area contributed by atoms with E-state index in [4.69, 9.17) is 0 Å². The molecule has 126 valence electrons. The Bertz CT molecular complexity index is 853. The SMILES string of the molecule is CCn1cc(Cc2nn(C)nc2-c2ccc(F)cc2[C@H](C)O)cn1. The summed E-state index contributed by atoms with van der Waals surface area (Å²) >= 11 is 0. The predicted octanol–water partition coefficient (Wildman–Crippen LogP) is 2.48. The number of halogens is 1. The fourth-order valence-corrected chi connectivity index (χ4v) is 2.73. The van der Waals surface area contributed by atoms with E-state index in [9.17, 15) is 9.50 Å². The minimum absolute atomic E-state index is 0.385. The normalized spacial score (nSPS) is 12.5. The van der Waals surface area contributed by atoms with Crippen LogP contribution in [0.5, 0.6) is 0 Å². The second-order valence-electron chi connectivity index (χ2n) is 5.77. The third-order valence-electron chi connectivity index (χ3n) is 3.88. The van der Waals surface area contributed by atoms with Gasteiger partial charge in [0.1, 0.15) is 11.5 Å². The molecule has 3 rings (SSSR count). The van der Waals surface area contributed by atoms with Crippen molar-refractivity contribution in [2.75, 3.05) is 0 Å². The van der Waals surface area contributed by atoms with E-state index in [0.29, 0.717) is 23.2 Å². The van der Waals surface area contributed by atoms with Crippen LogP contribution in [0.4, 0.5) is 4.39 Å². The highest BCUT2D eigenvalue weighted by molar-refractivity contribution is 5.66. The van der Waals surface area contributed by atoms with E-state index in [1.165, 1.54) is 16.9 Å². The summed E-state index contributed by atoms with van der Waals surface area (Å²) in [6.45, 7) is 4.44. The van der Waals surface area contributed by atoms with Gasteiger partial charge < -0.3 is 5.11 Å². The molecule has 0 unspecified atom stereocenters. The Labute approximate surface area is 139 Å². The molecule has 0 aliphatic rings. The molecule has 1 atom stereocenters. The number of hydrogen-bond acceptors (Lipinski definition) is 4. The zero-order valence-corrected chi connectivity index (χ0v) is 13.9. The first-order valence-electron chi connectivity index (χ1n) is 7.87. The van der Waals surface area contributed by atoms with E-state index in [-0.39, 0.29) is 5.82 Å². The van der Waals surface area contributed by atoms with Crippen molar-refractivity contribution in [1.82, 2.24) is 24.8 Å². The van der Waals surface area contributed by atoms with Gasteiger partial charge in [-0.3, -0.25) is 4.68 Å². The van der Waals surface area contributed by atoms with Gasteiger partial charge in [0.05, 0.1) is 18.0 Å². The van der Waals surface area contributed by atoms with Crippen LogP contribution in [0.25, 0.3) is 11.3 Å². The van der Waals surface area contributed by atoms with E-state index >= 15 is 0 Å². The first-order chi connectivity index (χ1) is 11.5.